The third-order valence-electron chi connectivity index (χ3n) is 3.16. The lowest BCUT2D eigenvalue weighted by atomic mass is 10.0. The maximum absolute atomic E-state index is 11.5. The molecule has 0 saturated carbocycles. The smallest absolute Gasteiger partial charge is 0.315 e. The highest BCUT2D eigenvalue weighted by atomic mass is 32.2. The number of hydrogen-bond donors (Lipinski definition) is 2. The zero-order chi connectivity index (χ0) is 13.4. The van der Waals surface area contributed by atoms with Crippen LogP contribution in [0.3, 0.4) is 0 Å². The summed E-state index contributed by atoms with van der Waals surface area (Å²) in [4.78, 5) is 0. The molecule has 1 aliphatic heterocycles. The van der Waals surface area contributed by atoms with Crippen LogP contribution in [0.4, 0.5) is 6.01 Å². The lowest BCUT2D eigenvalue weighted by molar-refractivity contribution is 0.430. The van der Waals surface area contributed by atoms with Crippen LogP contribution in [0.2, 0.25) is 0 Å². The topological polar surface area (TPSA) is 97.1 Å². The number of aromatic nitrogens is 2. The van der Waals surface area contributed by atoms with E-state index in [1.165, 1.54) is 0 Å². The highest BCUT2D eigenvalue weighted by molar-refractivity contribution is 7.91. The van der Waals surface area contributed by atoms with Crippen LogP contribution in [0.25, 0.3) is 0 Å². The van der Waals surface area contributed by atoms with Crippen LogP contribution in [0.5, 0.6) is 0 Å². The molecule has 0 radical (unpaired) electrons. The van der Waals surface area contributed by atoms with Gasteiger partial charge < -0.3 is 15.1 Å². The Balaban J connectivity index is 2.08. The first-order valence-electron chi connectivity index (χ1n) is 5.83. The Morgan fingerprint density at radius 1 is 1.44 bits per heavy atom. The van der Waals surface area contributed by atoms with Crippen LogP contribution in [0.1, 0.15) is 32.2 Å². The fraction of sp³-hybridized carbons (Fsp3) is 0.800. The van der Waals surface area contributed by atoms with Gasteiger partial charge in [-0.25, -0.2) is 8.42 Å². The summed E-state index contributed by atoms with van der Waals surface area (Å²) >= 11 is 0. The molecule has 0 aromatic carbocycles. The Morgan fingerprint density at radius 3 is 2.72 bits per heavy atom. The van der Waals surface area contributed by atoms with Crippen molar-refractivity contribution in [2.24, 2.45) is 0 Å². The number of anilines is 1. The van der Waals surface area contributed by atoms with Gasteiger partial charge in [0.1, 0.15) is 0 Å². The Kier molecular flexibility index (Phi) is 3.33. The summed E-state index contributed by atoms with van der Waals surface area (Å²) < 4.78 is 28.4. The van der Waals surface area contributed by atoms with Gasteiger partial charge in [-0.2, -0.15) is 0 Å². The highest BCUT2D eigenvalue weighted by Crippen LogP contribution is 2.27. The quantitative estimate of drug-likeness (QED) is 0.817. The summed E-state index contributed by atoms with van der Waals surface area (Å²) in [5.74, 6) is 0.772. The van der Waals surface area contributed by atoms with Crippen LogP contribution < -0.4 is 10.6 Å². The number of sulfone groups is 1. The maximum Gasteiger partial charge on any atom is 0.315 e. The maximum atomic E-state index is 11.5. The molecule has 1 aromatic heterocycles. The van der Waals surface area contributed by atoms with Gasteiger partial charge in [0.25, 0.3) is 0 Å². The fourth-order valence-corrected chi connectivity index (χ4v) is 4.04. The van der Waals surface area contributed by atoms with Crippen LogP contribution in [0, 0.1) is 0 Å². The largest absolute Gasteiger partial charge is 0.406 e. The standard InChI is InChI=1S/C10H18N4O3S/c1-7(11-3)8-13-14-9(17-8)12-10(2)4-5-18(15,16)6-10/h7,11H,4-6H2,1-3H3,(H,12,14). The molecule has 2 rings (SSSR count). The molecule has 0 amide bonds. The Hall–Kier alpha value is -1.15. The third-order valence-corrected chi connectivity index (χ3v) is 5.06. The van der Waals surface area contributed by atoms with Crippen LogP contribution in [-0.4, -0.2) is 42.7 Å². The van der Waals surface area contributed by atoms with E-state index >= 15 is 0 Å². The second-order valence-corrected chi connectivity index (χ2v) is 7.17. The molecule has 18 heavy (non-hydrogen) atoms. The fourth-order valence-electron chi connectivity index (χ4n) is 1.95. The van der Waals surface area contributed by atoms with Crippen LogP contribution in [0.15, 0.2) is 4.42 Å². The van der Waals surface area contributed by atoms with E-state index in [1.807, 2.05) is 13.8 Å². The minimum Gasteiger partial charge on any atom is -0.406 e. The molecule has 0 spiro atoms. The normalized spacial score (nSPS) is 28.2. The number of nitrogens with zero attached hydrogens (tertiary/aromatic N) is 2. The van der Waals surface area contributed by atoms with Gasteiger partial charge >= 0.3 is 6.01 Å². The average molecular weight is 274 g/mol. The lowest BCUT2D eigenvalue weighted by Gasteiger charge is -2.21. The molecule has 2 heterocycles. The van der Waals surface area contributed by atoms with E-state index < -0.39 is 15.4 Å². The molecule has 2 atom stereocenters. The monoisotopic (exact) mass is 274 g/mol. The molecule has 1 aliphatic rings. The van der Waals surface area contributed by atoms with Crippen LogP contribution >= 0.6 is 0 Å². The van der Waals surface area contributed by atoms with Gasteiger partial charge in [0, 0.05) is 0 Å². The highest BCUT2D eigenvalue weighted by Gasteiger charge is 2.39. The van der Waals surface area contributed by atoms with Crippen molar-refractivity contribution in [1.29, 1.82) is 0 Å². The molecule has 2 N–H and O–H groups in total. The van der Waals surface area contributed by atoms with Crippen molar-refractivity contribution >= 4 is 15.9 Å². The van der Waals surface area contributed by atoms with Gasteiger partial charge in [-0.05, 0) is 27.3 Å². The van der Waals surface area contributed by atoms with Gasteiger partial charge in [0.2, 0.25) is 5.89 Å². The number of hydrogen-bond acceptors (Lipinski definition) is 7. The van der Waals surface area contributed by atoms with Gasteiger partial charge in [-0.3, -0.25) is 0 Å². The first-order chi connectivity index (χ1) is 8.34. The van der Waals surface area contributed by atoms with Gasteiger partial charge in [0.15, 0.2) is 9.84 Å². The Labute approximate surface area is 106 Å². The SMILES string of the molecule is CNC(C)c1nnc(NC2(C)CCS(=O)(=O)C2)o1. The second-order valence-electron chi connectivity index (χ2n) is 4.98. The second kappa shape index (κ2) is 4.51. The molecule has 1 aromatic rings. The van der Waals surface area contributed by atoms with Crippen molar-refractivity contribution in [2.45, 2.75) is 31.8 Å². The van der Waals surface area contributed by atoms with Crippen molar-refractivity contribution in [2.75, 3.05) is 23.9 Å². The van der Waals surface area contributed by atoms with Gasteiger partial charge in [-0.15, -0.1) is 5.10 Å². The molecule has 1 saturated heterocycles. The molecular formula is C10H18N4O3S. The van der Waals surface area contributed by atoms with Crippen molar-refractivity contribution in [3.05, 3.63) is 5.89 Å². The molecule has 0 bridgehead atoms. The molecule has 0 aliphatic carbocycles. The van der Waals surface area contributed by atoms with Crippen molar-refractivity contribution in [1.82, 2.24) is 15.5 Å². The van der Waals surface area contributed by atoms with Crippen molar-refractivity contribution < 1.29 is 12.8 Å². The van der Waals surface area contributed by atoms with E-state index in [2.05, 4.69) is 20.8 Å². The molecule has 7 nitrogen and oxygen atoms in total. The summed E-state index contributed by atoms with van der Waals surface area (Å²) in [5, 5.41) is 13.8. The van der Waals surface area contributed by atoms with E-state index in [-0.39, 0.29) is 23.6 Å². The molecular weight excluding hydrogens is 256 g/mol. The van der Waals surface area contributed by atoms with E-state index in [4.69, 9.17) is 4.42 Å². The van der Waals surface area contributed by atoms with Crippen molar-refractivity contribution in [3.63, 3.8) is 0 Å². The summed E-state index contributed by atoms with van der Waals surface area (Å²) in [5.41, 5.74) is -0.522. The zero-order valence-corrected chi connectivity index (χ0v) is 11.5. The minimum atomic E-state index is -2.95. The summed E-state index contributed by atoms with van der Waals surface area (Å²) in [6.45, 7) is 3.75. The number of nitrogens with one attached hydrogen (secondary N) is 2. The van der Waals surface area contributed by atoms with Gasteiger partial charge in [0.05, 0.1) is 23.1 Å². The van der Waals surface area contributed by atoms with Gasteiger partial charge in [-0.1, -0.05) is 5.10 Å². The zero-order valence-electron chi connectivity index (χ0n) is 10.7. The number of rotatable bonds is 4. The van der Waals surface area contributed by atoms with E-state index in [9.17, 15) is 8.42 Å². The first kappa shape index (κ1) is 13.3. The third kappa shape index (κ3) is 2.81. The summed E-state index contributed by atoms with van der Waals surface area (Å²) in [6.07, 6.45) is 0.550. The predicted octanol–water partition coefficient (Wildman–Crippen LogP) is 0.339. The predicted molar refractivity (Wildman–Crippen MR) is 67.1 cm³/mol. The molecule has 8 heteroatoms. The summed E-state index contributed by atoms with van der Waals surface area (Å²) in [7, 11) is -1.15. The molecule has 1 fully saturated rings. The Bertz CT molecular complexity index is 527. The lowest BCUT2D eigenvalue weighted by Crippen LogP contribution is -2.36. The van der Waals surface area contributed by atoms with Crippen molar-refractivity contribution in [3.8, 4) is 0 Å². The van der Waals surface area contributed by atoms with E-state index in [1.54, 1.807) is 7.05 Å². The minimum absolute atomic E-state index is 0.0341. The Morgan fingerprint density at radius 2 is 2.17 bits per heavy atom. The first-order valence-corrected chi connectivity index (χ1v) is 7.65. The van der Waals surface area contributed by atoms with E-state index in [0.29, 0.717) is 12.3 Å². The average Bonchev–Trinajstić information content (AvgIpc) is 2.83. The summed E-state index contributed by atoms with van der Waals surface area (Å²) in [6, 6.07) is 0.236. The van der Waals surface area contributed by atoms with E-state index in [0.717, 1.165) is 0 Å². The van der Waals surface area contributed by atoms with Crippen LogP contribution in [-0.2, 0) is 9.84 Å². The molecule has 2 unspecified atom stereocenters. The molecule has 102 valence electrons.